The summed E-state index contributed by atoms with van der Waals surface area (Å²) < 4.78 is 5.47. The summed E-state index contributed by atoms with van der Waals surface area (Å²) in [5.41, 5.74) is 2.07. The second-order valence-corrected chi connectivity index (χ2v) is 7.14. The van der Waals surface area contributed by atoms with Crippen molar-refractivity contribution in [3.05, 3.63) is 64.8 Å². The molecule has 2 aromatic carbocycles. The van der Waals surface area contributed by atoms with Crippen LogP contribution in [0.15, 0.2) is 59.2 Å². The number of anilines is 1. The van der Waals surface area contributed by atoms with Gasteiger partial charge in [0.1, 0.15) is 11.4 Å². The summed E-state index contributed by atoms with van der Waals surface area (Å²) in [6, 6.07) is 14.8. The number of benzene rings is 2. The summed E-state index contributed by atoms with van der Waals surface area (Å²) in [4.78, 5) is 19.1. The Hall–Kier alpha value is -2.24. The van der Waals surface area contributed by atoms with E-state index in [9.17, 15) is 4.79 Å². The van der Waals surface area contributed by atoms with E-state index in [0.717, 1.165) is 22.8 Å². The Morgan fingerprint density at radius 1 is 1.12 bits per heavy atom. The number of carbonyl (C=O) groups is 1. The van der Waals surface area contributed by atoms with Crippen LogP contribution < -0.4 is 9.64 Å². The molecule has 0 saturated heterocycles. The van der Waals surface area contributed by atoms with Gasteiger partial charge in [0, 0.05) is 5.02 Å². The van der Waals surface area contributed by atoms with E-state index in [2.05, 4.69) is 4.99 Å². The molecule has 1 amide bonds. The lowest BCUT2D eigenvalue weighted by Crippen LogP contribution is -2.30. The number of amides is 1. The van der Waals surface area contributed by atoms with Crippen molar-refractivity contribution in [1.29, 1.82) is 0 Å². The lowest BCUT2D eigenvalue weighted by molar-refractivity contribution is -0.113. The van der Waals surface area contributed by atoms with Gasteiger partial charge in [-0.3, -0.25) is 9.69 Å². The molecule has 1 aliphatic rings. The molecule has 0 unspecified atom stereocenters. The first-order chi connectivity index (χ1) is 12.6. The van der Waals surface area contributed by atoms with E-state index in [1.807, 2.05) is 50.2 Å². The number of ether oxygens (including phenoxy) is 1. The standard InChI is InChI=1S/C20H19ClN2O2S/c1-3-25-17-11-9-16(10-12-17)23-19(24)18(22-20(23)26-4-2)13-14-5-7-15(21)8-6-14/h5-13H,3-4H2,1-2H3. The van der Waals surface area contributed by atoms with Gasteiger partial charge in [-0.1, -0.05) is 42.4 Å². The molecule has 0 aliphatic carbocycles. The third-order valence-electron chi connectivity index (χ3n) is 3.68. The summed E-state index contributed by atoms with van der Waals surface area (Å²) >= 11 is 7.46. The molecule has 6 heteroatoms. The van der Waals surface area contributed by atoms with Gasteiger partial charge in [-0.05, 0) is 60.7 Å². The molecule has 0 radical (unpaired) electrons. The number of rotatable bonds is 5. The zero-order valence-electron chi connectivity index (χ0n) is 14.6. The molecule has 2 aromatic rings. The Bertz CT molecular complexity index is 845. The maximum atomic E-state index is 12.9. The van der Waals surface area contributed by atoms with E-state index in [-0.39, 0.29) is 5.91 Å². The van der Waals surface area contributed by atoms with Crippen LogP contribution in [0.4, 0.5) is 5.69 Å². The second-order valence-electron chi connectivity index (χ2n) is 5.48. The smallest absolute Gasteiger partial charge is 0.283 e. The highest BCUT2D eigenvalue weighted by molar-refractivity contribution is 8.14. The largest absolute Gasteiger partial charge is 0.494 e. The minimum atomic E-state index is -0.139. The summed E-state index contributed by atoms with van der Waals surface area (Å²) in [5.74, 6) is 1.47. The summed E-state index contributed by atoms with van der Waals surface area (Å²) in [7, 11) is 0. The predicted octanol–water partition coefficient (Wildman–Crippen LogP) is 5.24. The Labute approximate surface area is 162 Å². The third-order valence-corrected chi connectivity index (χ3v) is 4.76. The van der Waals surface area contributed by atoms with Crippen LogP contribution in [-0.2, 0) is 4.79 Å². The highest BCUT2D eigenvalue weighted by atomic mass is 35.5. The molecular weight excluding hydrogens is 368 g/mol. The highest BCUT2D eigenvalue weighted by Crippen LogP contribution is 2.30. The molecule has 0 saturated carbocycles. The first-order valence-electron chi connectivity index (χ1n) is 8.38. The lowest BCUT2D eigenvalue weighted by Gasteiger charge is -2.17. The number of halogens is 1. The fraction of sp³-hybridized carbons (Fsp3) is 0.200. The molecule has 1 aliphatic heterocycles. The van der Waals surface area contributed by atoms with Gasteiger partial charge in [0.05, 0.1) is 12.3 Å². The highest BCUT2D eigenvalue weighted by Gasteiger charge is 2.31. The van der Waals surface area contributed by atoms with Crippen molar-refractivity contribution in [3.63, 3.8) is 0 Å². The van der Waals surface area contributed by atoms with Crippen LogP contribution >= 0.6 is 23.4 Å². The van der Waals surface area contributed by atoms with E-state index in [1.54, 1.807) is 23.1 Å². The van der Waals surface area contributed by atoms with Crippen LogP contribution in [0.2, 0.25) is 5.02 Å². The zero-order chi connectivity index (χ0) is 18.5. The van der Waals surface area contributed by atoms with Crippen LogP contribution in [0.3, 0.4) is 0 Å². The maximum absolute atomic E-state index is 12.9. The van der Waals surface area contributed by atoms with Gasteiger partial charge in [0.2, 0.25) is 0 Å². The zero-order valence-corrected chi connectivity index (χ0v) is 16.2. The predicted molar refractivity (Wildman–Crippen MR) is 110 cm³/mol. The van der Waals surface area contributed by atoms with E-state index in [1.165, 1.54) is 11.8 Å². The number of carbonyl (C=O) groups excluding carboxylic acids is 1. The molecule has 0 fully saturated rings. The average Bonchev–Trinajstić information content (AvgIpc) is 2.94. The van der Waals surface area contributed by atoms with Crippen molar-refractivity contribution in [3.8, 4) is 5.75 Å². The average molecular weight is 387 g/mol. The first kappa shape index (κ1) is 18.5. The Morgan fingerprint density at radius 2 is 1.81 bits per heavy atom. The van der Waals surface area contributed by atoms with Gasteiger partial charge in [-0.25, -0.2) is 4.99 Å². The normalized spacial score (nSPS) is 15.5. The molecule has 134 valence electrons. The minimum absolute atomic E-state index is 0.139. The van der Waals surface area contributed by atoms with Crippen molar-refractivity contribution >= 4 is 46.2 Å². The van der Waals surface area contributed by atoms with Gasteiger partial charge < -0.3 is 4.74 Å². The van der Waals surface area contributed by atoms with Gasteiger partial charge in [-0.15, -0.1) is 0 Å². The Morgan fingerprint density at radius 3 is 2.42 bits per heavy atom. The van der Waals surface area contributed by atoms with Crippen LogP contribution in [-0.4, -0.2) is 23.4 Å². The van der Waals surface area contributed by atoms with Crippen LogP contribution in [0.25, 0.3) is 6.08 Å². The lowest BCUT2D eigenvalue weighted by atomic mass is 10.2. The molecule has 3 rings (SSSR count). The molecule has 4 nitrogen and oxygen atoms in total. The van der Waals surface area contributed by atoms with Crippen molar-refractivity contribution in [2.45, 2.75) is 13.8 Å². The van der Waals surface area contributed by atoms with Crippen molar-refractivity contribution in [2.75, 3.05) is 17.3 Å². The number of nitrogens with zero attached hydrogens (tertiary/aromatic N) is 2. The molecule has 26 heavy (non-hydrogen) atoms. The van der Waals surface area contributed by atoms with Crippen molar-refractivity contribution in [1.82, 2.24) is 0 Å². The van der Waals surface area contributed by atoms with Crippen molar-refractivity contribution < 1.29 is 9.53 Å². The van der Waals surface area contributed by atoms with Crippen LogP contribution in [0, 0.1) is 0 Å². The second kappa shape index (κ2) is 8.43. The maximum Gasteiger partial charge on any atom is 0.283 e. The Kier molecular flexibility index (Phi) is 6.01. The van der Waals surface area contributed by atoms with Gasteiger partial charge >= 0.3 is 0 Å². The number of hydrogen-bond acceptors (Lipinski definition) is 4. The third kappa shape index (κ3) is 4.11. The van der Waals surface area contributed by atoms with E-state index >= 15 is 0 Å². The minimum Gasteiger partial charge on any atom is -0.494 e. The van der Waals surface area contributed by atoms with Crippen LogP contribution in [0.1, 0.15) is 19.4 Å². The SMILES string of the molecule is CCOc1ccc(N2C(=O)C(=Cc3ccc(Cl)cc3)N=C2SCC)cc1. The van der Waals surface area contributed by atoms with Crippen molar-refractivity contribution in [2.24, 2.45) is 4.99 Å². The fourth-order valence-corrected chi connectivity index (χ4v) is 3.39. The summed E-state index contributed by atoms with van der Waals surface area (Å²) in [6.07, 6.45) is 1.78. The Balaban J connectivity index is 1.91. The van der Waals surface area contributed by atoms with Gasteiger partial charge in [0.15, 0.2) is 5.17 Å². The quantitative estimate of drug-likeness (QED) is 0.660. The number of hydrogen-bond donors (Lipinski definition) is 0. The molecule has 0 bridgehead atoms. The molecule has 0 atom stereocenters. The summed E-state index contributed by atoms with van der Waals surface area (Å²) in [6.45, 7) is 4.58. The van der Waals surface area contributed by atoms with Crippen LogP contribution in [0.5, 0.6) is 5.75 Å². The van der Waals surface area contributed by atoms with E-state index in [0.29, 0.717) is 22.5 Å². The number of amidine groups is 1. The molecular formula is C20H19ClN2O2S. The van der Waals surface area contributed by atoms with E-state index in [4.69, 9.17) is 16.3 Å². The summed E-state index contributed by atoms with van der Waals surface area (Å²) in [5, 5.41) is 1.34. The fourth-order valence-electron chi connectivity index (χ4n) is 2.52. The van der Waals surface area contributed by atoms with E-state index < -0.39 is 0 Å². The molecule has 1 heterocycles. The van der Waals surface area contributed by atoms with Gasteiger partial charge in [-0.2, -0.15) is 0 Å². The number of thioether (sulfide) groups is 1. The first-order valence-corrected chi connectivity index (χ1v) is 9.74. The molecule has 0 aromatic heterocycles. The molecule has 0 spiro atoms. The topological polar surface area (TPSA) is 41.9 Å². The number of aliphatic imine (C=N–C) groups is 1. The van der Waals surface area contributed by atoms with Gasteiger partial charge in [0.25, 0.3) is 5.91 Å². The monoisotopic (exact) mass is 386 g/mol. The molecule has 0 N–H and O–H groups in total.